The molecule has 1 aliphatic rings. The fraction of sp³-hybridized carbons (Fsp3) is 0.296. The van der Waals surface area contributed by atoms with Crippen LogP contribution in [0.2, 0.25) is 0 Å². The number of aromatic nitrogens is 2. The predicted molar refractivity (Wildman–Crippen MR) is 144 cm³/mol. The standard InChI is InChI=1S/C27H28N4O4S2/c1-18-15-19(2)25-23(16-18)29-27(36-25)30(17-20-7-4-5-13-28-20)26(32)24-8-6-14-31(24)37(33,34)22-11-9-21(35-3)10-12-22/h4-5,7,9-13,15-16,24H,6,8,14,17H2,1-3H3. The number of methoxy groups -OCH3 is 1. The van der Waals surface area contributed by atoms with Gasteiger partial charge in [0, 0.05) is 12.7 Å². The zero-order valence-corrected chi connectivity index (χ0v) is 22.6. The van der Waals surface area contributed by atoms with Gasteiger partial charge in [-0.25, -0.2) is 13.4 Å². The molecular formula is C27H28N4O4S2. The molecule has 37 heavy (non-hydrogen) atoms. The van der Waals surface area contributed by atoms with Crippen molar-refractivity contribution in [3.63, 3.8) is 0 Å². The van der Waals surface area contributed by atoms with Crippen LogP contribution in [0.3, 0.4) is 0 Å². The van der Waals surface area contributed by atoms with E-state index in [0.29, 0.717) is 29.4 Å². The third-order valence-electron chi connectivity index (χ3n) is 6.51. The number of anilines is 1. The van der Waals surface area contributed by atoms with Crippen LogP contribution in [-0.2, 0) is 21.4 Å². The van der Waals surface area contributed by atoms with Crippen molar-refractivity contribution >= 4 is 42.6 Å². The van der Waals surface area contributed by atoms with Gasteiger partial charge in [-0.1, -0.05) is 23.5 Å². The molecule has 192 valence electrons. The highest BCUT2D eigenvalue weighted by Crippen LogP contribution is 2.35. The normalized spacial score (nSPS) is 16.2. The highest BCUT2D eigenvalue weighted by molar-refractivity contribution is 7.89. The van der Waals surface area contributed by atoms with Crippen LogP contribution in [0, 0.1) is 13.8 Å². The number of carbonyl (C=O) groups is 1. The lowest BCUT2D eigenvalue weighted by Gasteiger charge is -2.28. The summed E-state index contributed by atoms with van der Waals surface area (Å²) in [6, 6.07) is 15.0. The number of thiazole rings is 1. The molecule has 2 aromatic carbocycles. The van der Waals surface area contributed by atoms with E-state index in [9.17, 15) is 13.2 Å². The number of pyridine rings is 1. The van der Waals surface area contributed by atoms with Crippen LogP contribution in [0.4, 0.5) is 5.13 Å². The molecule has 5 rings (SSSR count). The van der Waals surface area contributed by atoms with Crippen LogP contribution < -0.4 is 9.64 Å². The van der Waals surface area contributed by atoms with E-state index >= 15 is 0 Å². The van der Waals surface area contributed by atoms with Gasteiger partial charge in [0.05, 0.1) is 34.5 Å². The molecule has 0 bridgehead atoms. The number of hydrogen-bond donors (Lipinski definition) is 0. The third-order valence-corrected chi connectivity index (χ3v) is 9.66. The maximum absolute atomic E-state index is 14.1. The summed E-state index contributed by atoms with van der Waals surface area (Å²) in [6.45, 7) is 4.52. The number of carbonyl (C=O) groups excluding carboxylic acids is 1. The van der Waals surface area contributed by atoms with Gasteiger partial charge in [0.1, 0.15) is 11.8 Å². The first-order chi connectivity index (χ1) is 17.8. The second-order valence-electron chi connectivity index (χ2n) is 9.12. The SMILES string of the molecule is COc1ccc(S(=O)(=O)N2CCCC2C(=O)N(Cc2ccccn2)c2nc3cc(C)cc(C)c3s2)cc1. The molecule has 0 aliphatic carbocycles. The summed E-state index contributed by atoms with van der Waals surface area (Å²) in [5, 5.41) is 0.535. The zero-order chi connectivity index (χ0) is 26.2. The Kier molecular flexibility index (Phi) is 6.98. The lowest BCUT2D eigenvalue weighted by molar-refractivity contribution is -0.121. The predicted octanol–water partition coefficient (Wildman–Crippen LogP) is 4.70. The molecule has 0 N–H and O–H groups in total. The number of rotatable bonds is 7. The number of nitrogens with zero attached hydrogens (tertiary/aromatic N) is 4. The van der Waals surface area contributed by atoms with Gasteiger partial charge in [0.15, 0.2) is 5.13 Å². The molecule has 0 radical (unpaired) electrons. The van der Waals surface area contributed by atoms with Crippen molar-refractivity contribution in [1.82, 2.24) is 14.3 Å². The van der Waals surface area contributed by atoms with Gasteiger partial charge >= 0.3 is 0 Å². The third kappa shape index (κ3) is 4.96. The summed E-state index contributed by atoms with van der Waals surface area (Å²) in [5.41, 5.74) is 3.71. The van der Waals surface area contributed by atoms with Crippen LogP contribution >= 0.6 is 11.3 Å². The number of hydrogen-bond acceptors (Lipinski definition) is 7. The number of amides is 1. The van der Waals surface area contributed by atoms with Crippen molar-refractivity contribution < 1.29 is 17.9 Å². The van der Waals surface area contributed by atoms with E-state index in [1.165, 1.54) is 34.9 Å². The number of benzene rings is 2. The molecule has 0 spiro atoms. The molecule has 0 saturated carbocycles. The first-order valence-corrected chi connectivity index (χ1v) is 14.3. The first kappa shape index (κ1) is 25.3. The van der Waals surface area contributed by atoms with Crippen molar-refractivity contribution in [3.8, 4) is 5.75 Å². The Hall–Kier alpha value is -3.34. The van der Waals surface area contributed by atoms with Crippen molar-refractivity contribution in [3.05, 3.63) is 77.6 Å². The van der Waals surface area contributed by atoms with Crippen molar-refractivity contribution in [2.45, 2.75) is 44.2 Å². The lowest BCUT2D eigenvalue weighted by atomic mass is 10.1. The van der Waals surface area contributed by atoms with Gasteiger partial charge in [-0.05, 0) is 80.3 Å². The number of sulfonamides is 1. The lowest BCUT2D eigenvalue weighted by Crippen LogP contribution is -2.47. The molecule has 2 aromatic heterocycles. The van der Waals surface area contributed by atoms with Gasteiger partial charge in [-0.15, -0.1) is 0 Å². The molecule has 8 nitrogen and oxygen atoms in total. The van der Waals surface area contributed by atoms with E-state index in [1.54, 1.807) is 23.2 Å². The van der Waals surface area contributed by atoms with E-state index in [1.807, 2.05) is 38.1 Å². The Morgan fingerprint density at radius 1 is 1.16 bits per heavy atom. The molecule has 3 heterocycles. The summed E-state index contributed by atoms with van der Waals surface area (Å²) in [6.07, 6.45) is 2.72. The summed E-state index contributed by atoms with van der Waals surface area (Å²) in [4.78, 5) is 25.0. The molecule has 1 unspecified atom stereocenters. The van der Waals surface area contributed by atoms with Gasteiger partial charge in [0.2, 0.25) is 15.9 Å². The molecule has 1 atom stereocenters. The van der Waals surface area contributed by atoms with E-state index in [0.717, 1.165) is 21.3 Å². The van der Waals surface area contributed by atoms with Gasteiger partial charge < -0.3 is 4.74 Å². The van der Waals surface area contributed by atoms with E-state index in [2.05, 4.69) is 11.1 Å². The van der Waals surface area contributed by atoms with Gasteiger partial charge in [-0.3, -0.25) is 14.7 Å². The average Bonchev–Trinajstić information content (AvgIpc) is 3.56. The fourth-order valence-corrected chi connectivity index (χ4v) is 7.38. The summed E-state index contributed by atoms with van der Waals surface area (Å²) < 4.78 is 34.7. The second kappa shape index (κ2) is 10.2. The van der Waals surface area contributed by atoms with Gasteiger partial charge in [-0.2, -0.15) is 4.31 Å². The van der Waals surface area contributed by atoms with Crippen molar-refractivity contribution in [2.75, 3.05) is 18.6 Å². The monoisotopic (exact) mass is 536 g/mol. The van der Waals surface area contributed by atoms with Gasteiger partial charge in [0.25, 0.3) is 0 Å². The minimum absolute atomic E-state index is 0.135. The number of ether oxygens (including phenoxy) is 1. The van der Waals surface area contributed by atoms with Crippen LogP contribution in [0.25, 0.3) is 10.2 Å². The Labute approximate surface area is 220 Å². The minimum Gasteiger partial charge on any atom is -0.497 e. The second-order valence-corrected chi connectivity index (χ2v) is 12.0. The number of aryl methyl sites for hydroxylation is 2. The molecule has 1 aliphatic heterocycles. The Balaban J connectivity index is 1.52. The van der Waals surface area contributed by atoms with Crippen molar-refractivity contribution in [2.24, 2.45) is 0 Å². The molecule has 1 saturated heterocycles. The smallest absolute Gasteiger partial charge is 0.247 e. The average molecular weight is 537 g/mol. The largest absolute Gasteiger partial charge is 0.497 e. The Morgan fingerprint density at radius 3 is 2.65 bits per heavy atom. The minimum atomic E-state index is -3.89. The van der Waals surface area contributed by atoms with Crippen LogP contribution in [-0.4, -0.2) is 48.3 Å². The highest BCUT2D eigenvalue weighted by atomic mass is 32.2. The molecule has 1 fully saturated rings. The quantitative estimate of drug-likeness (QED) is 0.340. The zero-order valence-electron chi connectivity index (χ0n) is 20.9. The van der Waals surface area contributed by atoms with Crippen molar-refractivity contribution in [1.29, 1.82) is 0 Å². The fourth-order valence-electron chi connectivity index (χ4n) is 4.71. The highest BCUT2D eigenvalue weighted by Gasteiger charge is 2.42. The maximum atomic E-state index is 14.1. The first-order valence-electron chi connectivity index (χ1n) is 12.0. The molecular weight excluding hydrogens is 508 g/mol. The maximum Gasteiger partial charge on any atom is 0.247 e. The number of fused-ring (bicyclic) bond motifs is 1. The van der Waals surface area contributed by atoms with Crippen LogP contribution in [0.5, 0.6) is 5.75 Å². The molecule has 4 aromatic rings. The Morgan fingerprint density at radius 2 is 1.95 bits per heavy atom. The van der Waals surface area contributed by atoms with E-state index in [-0.39, 0.29) is 23.9 Å². The summed E-state index contributed by atoms with van der Waals surface area (Å²) in [5.74, 6) is 0.268. The Bertz CT molecular complexity index is 1540. The van der Waals surface area contributed by atoms with E-state index < -0.39 is 16.1 Å². The van der Waals surface area contributed by atoms with Crippen LogP contribution in [0.15, 0.2) is 65.7 Å². The topological polar surface area (TPSA) is 92.7 Å². The molecule has 10 heteroatoms. The van der Waals surface area contributed by atoms with E-state index in [4.69, 9.17) is 9.72 Å². The van der Waals surface area contributed by atoms with Crippen LogP contribution in [0.1, 0.15) is 29.7 Å². The summed E-state index contributed by atoms with van der Waals surface area (Å²) in [7, 11) is -2.36. The summed E-state index contributed by atoms with van der Waals surface area (Å²) >= 11 is 1.44. The molecule has 1 amide bonds.